The second kappa shape index (κ2) is 7.11. The van der Waals surface area contributed by atoms with Gasteiger partial charge in [0.05, 0.1) is 26.2 Å². The number of benzene rings is 2. The molecule has 0 atom stereocenters. The van der Waals surface area contributed by atoms with Crippen LogP contribution in [0.1, 0.15) is 15.9 Å². The summed E-state index contributed by atoms with van der Waals surface area (Å²) in [6.45, 7) is 4.15. The molecule has 0 unspecified atom stereocenters. The number of nitrogens with one attached hydrogen (secondary N) is 1. The minimum atomic E-state index is -0.322. The number of hydrogen-bond acceptors (Lipinski definition) is 1. The molecule has 1 fully saturated rings. The molecule has 0 radical (unpaired) electrons. The minimum absolute atomic E-state index is 0.0215. The van der Waals surface area contributed by atoms with Crippen LogP contribution in [0, 0.1) is 5.82 Å². The van der Waals surface area contributed by atoms with Gasteiger partial charge in [-0.15, -0.1) is 0 Å². The molecule has 1 aliphatic heterocycles. The highest BCUT2D eigenvalue weighted by Crippen LogP contribution is 2.10. The number of piperazine rings is 1. The van der Waals surface area contributed by atoms with E-state index in [1.165, 1.54) is 22.6 Å². The second-order valence-corrected chi connectivity index (χ2v) is 6.29. The van der Waals surface area contributed by atoms with Gasteiger partial charge in [-0.1, -0.05) is 23.7 Å². The molecule has 1 heterocycles. The Labute approximate surface area is 140 Å². The predicted octanol–water partition coefficient (Wildman–Crippen LogP) is 2.02. The SMILES string of the molecule is O=C(c1ccc(F)cc1)N1CC[NH+](Cc2cccc(Cl)c2)CC1. The van der Waals surface area contributed by atoms with Crippen LogP contribution in [-0.4, -0.2) is 37.0 Å². The Kier molecular flexibility index (Phi) is 4.94. The van der Waals surface area contributed by atoms with Crippen LogP contribution in [0.5, 0.6) is 0 Å². The number of rotatable bonds is 3. The third-order valence-electron chi connectivity index (χ3n) is 4.19. The van der Waals surface area contributed by atoms with Gasteiger partial charge in [-0.25, -0.2) is 4.39 Å². The van der Waals surface area contributed by atoms with Crippen LogP contribution < -0.4 is 4.90 Å². The number of hydrogen-bond donors (Lipinski definition) is 1. The summed E-state index contributed by atoms with van der Waals surface area (Å²) < 4.78 is 12.9. The molecule has 5 heteroatoms. The van der Waals surface area contributed by atoms with Crippen molar-refractivity contribution in [2.45, 2.75) is 6.54 Å². The van der Waals surface area contributed by atoms with Crippen molar-refractivity contribution < 1.29 is 14.1 Å². The fourth-order valence-electron chi connectivity index (χ4n) is 2.91. The van der Waals surface area contributed by atoms with Crippen LogP contribution in [0.3, 0.4) is 0 Å². The lowest BCUT2D eigenvalue weighted by molar-refractivity contribution is -0.917. The van der Waals surface area contributed by atoms with Gasteiger partial charge in [-0.3, -0.25) is 4.79 Å². The molecule has 3 rings (SSSR count). The van der Waals surface area contributed by atoms with Crippen molar-refractivity contribution in [2.24, 2.45) is 0 Å². The highest BCUT2D eigenvalue weighted by Gasteiger charge is 2.24. The van der Waals surface area contributed by atoms with Crippen molar-refractivity contribution in [3.8, 4) is 0 Å². The maximum absolute atomic E-state index is 12.9. The van der Waals surface area contributed by atoms with Gasteiger partial charge in [-0.2, -0.15) is 0 Å². The Balaban J connectivity index is 1.55. The largest absolute Gasteiger partial charge is 0.328 e. The van der Waals surface area contributed by atoms with E-state index in [4.69, 9.17) is 11.6 Å². The summed E-state index contributed by atoms with van der Waals surface area (Å²) in [7, 11) is 0. The van der Waals surface area contributed by atoms with Crippen molar-refractivity contribution in [3.05, 3.63) is 70.5 Å². The van der Waals surface area contributed by atoms with E-state index in [1.54, 1.807) is 12.1 Å². The maximum Gasteiger partial charge on any atom is 0.254 e. The molecule has 120 valence electrons. The standard InChI is InChI=1S/C18H18ClFN2O/c19-16-3-1-2-14(12-16)13-21-8-10-22(11-9-21)18(23)15-4-6-17(20)7-5-15/h1-7,12H,8-11,13H2/p+1. The van der Waals surface area contributed by atoms with Crippen molar-refractivity contribution in [3.63, 3.8) is 0 Å². The highest BCUT2D eigenvalue weighted by molar-refractivity contribution is 6.30. The molecule has 1 N–H and O–H groups in total. The van der Waals surface area contributed by atoms with E-state index in [-0.39, 0.29) is 11.7 Å². The Bertz CT molecular complexity index is 682. The Hall–Kier alpha value is -1.91. The molecule has 3 nitrogen and oxygen atoms in total. The van der Waals surface area contributed by atoms with E-state index in [1.807, 2.05) is 23.1 Å². The van der Waals surface area contributed by atoms with Crippen LogP contribution >= 0.6 is 11.6 Å². The third kappa shape index (κ3) is 4.09. The first-order valence-electron chi connectivity index (χ1n) is 7.75. The summed E-state index contributed by atoms with van der Waals surface area (Å²) in [5.41, 5.74) is 1.76. The fourth-order valence-corrected chi connectivity index (χ4v) is 3.13. The molecular formula is C18H19ClFN2O+. The van der Waals surface area contributed by atoms with Gasteiger partial charge < -0.3 is 9.80 Å². The molecule has 23 heavy (non-hydrogen) atoms. The van der Waals surface area contributed by atoms with Crippen LogP contribution in [0.4, 0.5) is 4.39 Å². The molecule has 1 saturated heterocycles. The lowest BCUT2D eigenvalue weighted by Gasteiger charge is -2.32. The maximum atomic E-state index is 12.9. The van der Waals surface area contributed by atoms with Crippen molar-refractivity contribution in [2.75, 3.05) is 26.2 Å². The summed E-state index contributed by atoms with van der Waals surface area (Å²) in [4.78, 5) is 15.7. The monoisotopic (exact) mass is 333 g/mol. The molecule has 2 aromatic carbocycles. The average Bonchev–Trinajstić information content (AvgIpc) is 2.56. The molecule has 0 spiro atoms. The van der Waals surface area contributed by atoms with E-state index in [0.29, 0.717) is 18.7 Å². The van der Waals surface area contributed by atoms with Gasteiger partial charge in [0.25, 0.3) is 5.91 Å². The Morgan fingerprint density at radius 2 is 1.83 bits per heavy atom. The fraction of sp³-hybridized carbons (Fsp3) is 0.278. The minimum Gasteiger partial charge on any atom is -0.328 e. The zero-order valence-corrected chi connectivity index (χ0v) is 13.5. The summed E-state index contributed by atoms with van der Waals surface area (Å²) in [5, 5.41) is 0.757. The van der Waals surface area contributed by atoms with E-state index >= 15 is 0 Å². The first kappa shape index (κ1) is 16.0. The number of carbonyl (C=O) groups excluding carboxylic acids is 1. The van der Waals surface area contributed by atoms with Gasteiger partial charge in [0.15, 0.2) is 0 Å². The molecule has 0 bridgehead atoms. The van der Waals surface area contributed by atoms with Crippen LogP contribution in [0.25, 0.3) is 0 Å². The first-order valence-corrected chi connectivity index (χ1v) is 8.12. The molecule has 0 aliphatic carbocycles. The molecule has 2 aromatic rings. The van der Waals surface area contributed by atoms with E-state index in [2.05, 4.69) is 6.07 Å². The number of quaternary nitrogens is 1. The van der Waals surface area contributed by atoms with E-state index < -0.39 is 0 Å². The van der Waals surface area contributed by atoms with Crippen LogP contribution in [0.2, 0.25) is 5.02 Å². The summed E-state index contributed by atoms with van der Waals surface area (Å²) in [6.07, 6.45) is 0. The number of amides is 1. The zero-order chi connectivity index (χ0) is 16.2. The molecule has 1 amide bonds. The lowest BCUT2D eigenvalue weighted by Crippen LogP contribution is -3.13. The number of carbonyl (C=O) groups is 1. The van der Waals surface area contributed by atoms with Gasteiger partial charge in [0.1, 0.15) is 12.4 Å². The van der Waals surface area contributed by atoms with Gasteiger partial charge in [-0.05, 0) is 36.4 Å². The van der Waals surface area contributed by atoms with Crippen molar-refractivity contribution in [1.82, 2.24) is 4.90 Å². The van der Waals surface area contributed by atoms with Crippen molar-refractivity contribution >= 4 is 17.5 Å². The van der Waals surface area contributed by atoms with Crippen LogP contribution in [-0.2, 0) is 6.54 Å². The topological polar surface area (TPSA) is 24.8 Å². The summed E-state index contributed by atoms with van der Waals surface area (Å²) in [6, 6.07) is 13.7. The normalized spacial score (nSPS) is 15.7. The quantitative estimate of drug-likeness (QED) is 0.913. The zero-order valence-electron chi connectivity index (χ0n) is 12.8. The smallest absolute Gasteiger partial charge is 0.254 e. The summed E-state index contributed by atoms with van der Waals surface area (Å²) >= 11 is 6.02. The van der Waals surface area contributed by atoms with E-state index in [9.17, 15) is 9.18 Å². The lowest BCUT2D eigenvalue weighted by atomic mass is 10.1. The average molecular weight is 334 g/mol. The third-order valence-corrected chi connectivity index (χ3v) is 4.43. The van der Waals surface area contributed by atoms with E-state index in [0.717, 1.165) is 24.7 Å². The highest BCUT2D eigenvalue weighted by atomic mass is 35.5. The molecular weight excluding hydrogens is 315 g/mol. The number of nitrogens with zero attached hydrogens (tertiary/aromatic N) is 1. The number of halogens is 2. The van der Waals surface area contributed by atoms with Crippen LogP contribution in [0.15, 0.2) is 48.5 Å². The second-order valence-electron chi connectivity index (χ2n) is 5.86. The Morgan fingerprint density at radius 1 is 1.13 bits per heavy atom. The molecule has 0 aromatic heterocycles. The van der Waals surface area contributed by atoms with Gasteiger partial charge in [0, 0.05) is 16.1 Å². The first-order chi connectivity index (χ1) is 11.1. The molecule has 1 aliphatic rings. The van der Waals surface area contributed by atoms with Crippen molar-refractivity contribution in [1.29, 1.82) is 0 Å². The predicted molar refractivity (Wildman–Crippen MR) is 88.2 cm³/mol. The van der Waals surface area contributed by atoms with Gasteiger partial charge in [0.2, 0.25) is 0 Å². The molecule has 0 saturated carbocycles. The summed E-state index contributed by atoms with van der Waals surface area (Å²) in [5.74, 6) is -0.343. The Morgan fingerprint density at radius 3 is 2.48 bits per heavy atom. The van der Waals surface area contributed by atoms with Gasteiger partial charge >= 0.3 is 0 Å².